The number of amides is 3. The smallest absolute Gasteiger partial charge is 0.255 e. The summed E-state index contributed by atoms with van der Waals surface area (Å²) in [6.45, 7) is 3.67. The van der Waals surface area contributed by atoms with Gasteiger partial charge in [0.25, 0.3) is 11.8 Å². The number of halogens is 1. The molecule has 3 N–H and O–H groups in total. The summed E-state index contributed by atoms with van der Waals surface area (Å²) >= 11 is 6.25. The molecule has 0 bridgehead atoms. The van der Waals surface area contributed by atoms with Crippen LogP contribution in [0.5, 0.6) is 11.5 Å². The van der Waals surface area contributed by atoms with Crippen molar-refractivity contribution in [2.24, 2.45) is 5.73 Å². The van der Waals surface area contributed by atoms with Gasteiger partial charge in [-0.2, -0.15) is 0 Å². The van der Waals surface area contributed by atoms with Crippen LogP contribution in [0.2, 0.25) is 5.02 Å². The van der Waals surface area contributed by atoms with Gasteiger partial charge in [0.05, 0.1) is 12.1 Å². The molecule has 0 aromatic heterocycles. The molecule has 0 aliphatic carbocycles. The molecule has 2 rings (SSSR count). The molecule has 0 aliphatic rings. The molecule has 0 atom stereocenters. The second-order valence-corrected chi connectivity index (χ2v) is 7.24. The van der Waals surface area contributed by atoms with Crippen molar-refractivity contribution in [2.75, 3.05) is 32.1 Å². The van der Waals surface area contributed by atoms with Gasteiger partial charge < -0.3 is 25.4 Å². The third-order valence-electron chi connectivity index (χ3n) is 4.37. The average molecular weight is 448 g/mol. The van der Waals surface area contributed by atoms with Crippen LogP contribution < -0.4 is 20.5 Å². The number of benzene rings is 2. The molecule has 2 aromatic rings. The van der Waals surface area contributed by atoms with Crippen LogP contribution in [-0.4, -0.2) is 49.4 Å². The Morgan fingerprint density at radius 3 is 2.52 bits per heavy atom. The maximum Gasteiger partial charge on any atom is 0.255 e. The minimum atomic E-state index is -0.674. The number of para-hydroxylation sites is 1. The van der Waals surface area contributed by atoms with Crippen LogP contribution in [0.25, 0.3) is 0 Å². The zero-order valence-electron chi connectivity index (χ0n) is 17.7. The van der Waals surface area contributed by atoms with Crippen LogP contribution in [0.15, 0.2) is 36.4 Å². The number of rotatable bonds is 10. The molecule has 0 spiro atoms. The second kappa shape index (κ2) is 11.2. The number of hydrogen-bond donors (Lipinski definition) is 2. The summed E-state index contributed by atoms with van der Waals surface area (Å²) in [6, 6.07) is 10.3. The van der Waals surface area contributed by atoms with Crippen LogP contribution in [-0.2, 0) is 9.59 Å². The molecule has 166 valence electrons. The molecule has 0 saturated carbocycles. The van der Waals surface area contributed by atoms with Gasteiger partial charge in [-0.15, -0.1) is 0 Å². The van der Waals surface area contributed by atoms with E-state index in [1.54, 1.807) is 6.07 Å². The standard InChI is InChI=1S/C22H26ClN3O5/c1-4-9-26(12-20(28)25-17-8-6-5-7-14(17)2)22(29)15-10-16(23)21(18(11-15)30-3)31-13-19(24)27/h5-8,10-11H,4,9,12-13H2,1-3H3,(H2,24,27)(H,25,28). The van der Waals surface area contributed by atoms with Gasteiger partial charge in [-0.1, -0.05) is 36.7 Å². The molecule has 0 heterocycles. The molecule has 9 heteroatoms. The molecule has 8 nitrogen and oxygen atoms in total. The number of anilines is 1. The Kier molecular flexibility index (Phi) is 8.69. The quantitative estimate of drug-likeness (QED) is 0.581. The first-order valence-corrected chi connectivity index (χ1v) is 10.1. The topological polar surface area (TPSA) is 111 Å². The Balaban J connectivity index is 2.22. The highest BCUT2D eigenvalue weighted by Crippen LogP contribution is 2.36. The number of primary amides is 1. The van der Waals surface area contributed by atoms with E-state index in [9.17, 15) is 14.4 Å². The van der Waals surface area contributed by atoms with Crippen LogP contribution in [0.1, 0.15) is 29.3 Å². The summed E-state index contributed by atoms with van der Waals surface area (Å²) in [5, 5.41) is 2.92. The largest absolute Gasteiger partial charge is 0.493 e. The fourth-order valence-corrected chi connectivity index (χ4v) is 3.17. The van der Waals surface area contributed by atoms with E-state index in [0.29, 0.717) is 18.7 Å². The first kappa shape index (κ1) is 24.0. The zero-order valence-corrected chi connectivity index (χ0v) is 18.5. The lowest BCUT2D eigenvalue weighted by Crippen LogP contribution is -2.38. The van der Waals surface area contributed by atoms with Crippen LogP contribution in [0.3, 0.4) is 0 Å². The van der Waals surface area contributed by atoms with E-state index in [-0.39, 0.29) is 47.1 Å². The van der Waals surface area contributed by atoms with E-state index in [1.165, 1.54) is 24.1 Å². The molecule has 0 unspecified atom stereocenters. The highest BCUT2D eigenvalue weighted by molar-refractivity contribution is 6.32. The summed E-state index contributed by atoms with van der Waals surface area (Å²) in [5.74, 6) is -1.08. The Hall–Kier alpha value is -3.26. The maximum atomic E-state index is 13.1. The molecular weight excluding hydrogens is 422 g/mol. The second-order valence-electron chi connectivity index (χ2n) is 6.83. The predicted molar refractivity (Wildman–Crippen MR) is 119 cm³/mol. The minimum Gasteiger partial charge on any atom is -0.493 e. The molecule has 2 aromatic carbocycles. The first-order chi connectivity index (χ1) is 14.8. The lowest BCUT2D eigenvalue weighted by atomic mass is 10.1. The number of hydrogen-bond acceptors (Lipinski definition) is 5. The molecular formula is C22H26ClN3O5. The minimum absolute atomic E-state index is 0.0877. The highest BCUT2D eigenvalue weighted by Gasteiger charge is 2.22. The summed E-state index contributed by atoms with van der Waals surface area (Å²) < 4.78 is 10.5. The van der Waals surface area contributed by atoms with E-state index in [0.717, 1.165) is 5.56 Å². The van der Waals surface area contributed by atoms with Crippen molar-refractivity contribution in [1.29, 1.82) is 0 Å². The number of carbonyl (C=O) groups excluding carboxylic acids is 3. The van der Waals surface area contributed by atoms with E-state index in [4.69, 9.17) is 26.8 Å². The molecule has 0 aliphatic heterocycles. The van der Waals surface area contributed by atoms with Gasteiger partial charge in [-0.3, -0.25) is 14.4 Å². The lowest BCUT2D eigenvalue weighted by Gasteiger charge is -2.23. The van der Waals surface area contributed by atoms with Crippen LogP contribution in [0, 0.1) is 6.92 Å². The average Bonchev–Trinajstić information content (AvgIpc) is 2.73. The van der Waals surface area contributed by atoms with Gasteiger partial charge in [0, 0.05) is 17.8 Å². The number of ether oxygens (including phenoxy) is 2. The fraction of sp³-hybridized carbons (Fsp3) is 0.318. The van der Waals surface area contributed by atoms with E-state index in [1.807, 2.05) is 32.0 Å². The van der Waals surface area contributed by atoms with Crippen molar-refractivity contribution < 1.29 is 23.9 Å². The number of carbonyl (C=O) groups is 3. The fourth-order valence-electron chi connectivity index (χ4n) is 2.91. The summed E-state index contributed by atoms with van der Waals surface area (Å²) in [6.07, 6.45) is 0.661. The third kappa shape index (κ3) is 6.62. The monoisotopic (exact) mass is 447 g/mol. The Bertz CT molecular complexity index is 964. The van der Waals surface area contributed by atoms with Crippen molar-refractivity contribution in [3.8, 4) is 11.5 Å². The van der Waals surface area contributed by atoms with E-state index >= 15 is 0 Å². The van der Waals surface area contributed by atoms with Crippen molar-refractivity contribution in [3.05, 3.63) is 52.5 Å². The van der Waals surface area contributed by atoms with Crippen molar-refractivity contribution >= 4 is 35.0 Å². The van der Waals surface area contributed by atoms with E-state index in [2.05, 4.69) is 5.32 Å². The number of methoxy groups -OCH3 is 1. The van der Waals surface area contributed by atoms with Gasteiger partial charge >= 0.3 is 0 Å². The molecule has 0 fully saturated rings. The predicted octanol–water partition coefficient (Wildman–Crippen LogP) is 3.01. The SMILES string of the molecule is CCCN(CC(=O)Nc1ccccc1C)C(=O)c1cc(Cl)c(OCC(N)=O)c(OC)c1. The van der Waals surface area contributed by atoms with Crippen molar-refractivity contribution in [2.45, 2.75) is 20.3 Å². The van der Waals surface area contributed by atoms with Gasteiger partial charge in [-0.25, -0.2) is 0 Å². The van der Waals surface area contributed by atoms with Gasteiger partial charge in [0.2, 0.25) is 5.91 Å². The zero-order chi connectivity index (χ0) is 23.0. The highest BCUT2D eigenvalue weighted by atomic mass is 35.5. The third-order valence-corrected chi connectivity index (χ3v) is 4.65. The van der Waals surface area contributed by atoms with Gasteiger partial charge in [0.15, 0.2) is 18.1 Å². The first-order valence-electron chi connectivity index (χ1n) is 9.70. The maximum absolute atomic E-state index is 13.1. The molecule has 31 heavy (non-hydrogen) atoms. The number of nitrogens with zero attached hydrogens (tertiary/aromatic N) is 1. The Morgan fingerprint density at radius 1 is 1.19 bits per heavy atom. The van der Waals surface area contributed by atoms with Crippen molar-refractivity contribution in [3.63, 3.8) is 0 Å². The number of nitrogens with two attached hydrogens (primary N) is 1. The lowest BCUT2D eigenvalue weighted by molar-refractivity contribution is -0.120. The van der Waals surface area contributed by atoms with E-state index < -0.39 is 5.91 Å². The summed E-state index contributed by atoms with van der Waals surface area (Å²) in [5.41, 5.74) is 6.94. The summed E-state index contributed by atoms with van der Waals surface area (Å²) in [7, 11) is 1.39. The Morgan fingerprint density at radius 2 is 1.90 bits per heavy atom. The Labute approximate surface area is 186 Å². The van der Waals surface area contributed by atoms with Crippen LogP contribution in [0.4, 0.5) is 5.69 Å². The summed E-state index contributed by atoms with van der Waals surface area (Å²) in [4.78, 5) is 38.1. The molecule has 0 radical (unpaired) electrons. The van der Waals surface area contributed by atoms with Crippen molar-refractivity contribution in [1.82, 2.24) is 4.90 Å². The van der Waals surface area contributed by atoms with Gasteiger partial charge in [0.1, 0.15) is 6.54 Å². The molecule has 0 saturated heterocycles. The van der Waals surface area contributed by atoms with Crippen LogP contribution >= 0.6 is 11.6 Å². The van der Waals surface area contributed by atoms with Gasteiger partial charge in [-0.05, 0) is 37.1 Å². The normalized spacial score (nSPS) is 10.3. The molecule has 3 amide bonds. The number of nitrogens with one attached hydrogen (secondary N) is 1. The number of aryl methyl sites for hydroxylation is 1.